The number of aromatic nitrogens is 1. The van der Waals surface area contributed by atoms with E-state index < -0.39 is 11.9 Å². The summed E-state index contributed by atoms with van der Waals surface area (Å²) in [4.78, 5) is 28.0. The van der Waals surface area contributed by atoms with Crippen molar-refractivity contribution >= 4 is 40.5 Å². The van der Waals surface area contributed by atoms with Crippen LogP contribution in [0.25, 0.3) is 0 Å². The van der Waals surface area contributed by atoms with Gasteiger partial charge < -0.3 is 10.1 Å². The summed E-state index contributed by atoms with van der Waals surface area (Å²) in [5.41, 5.74) is 1.48. The second kappa shape index (κ2) is 7.38. The number of hydrogen-bond donors (Lipinski definition) is 1. The molecule has 2 aromatic rings. The minimum Gasteiger partial charge on any atom is -0.451 e. The van der Waals surface area contributed by atoms with E-state index in [9.17, 15) is 9.59 Å². The van der Waals surface area contributed by atoms with Gasteiger partial charge in [-0.25, -0.2) is 9.78 Å². The molecular formula is C15H15ClN2O3S. The summed E-state index contributed by atoms with van der Waals surface area (Å²) in [6, 6.07) is 5.28. The van der Waals surface area contributed by atoms with Gasteiger partial charge in [-0.3, -0.25) is 4.79 Å². The van der Waals surface area contributed by atoms with E-state index in [1.807, 2.05) is 19.9 Å². The number of amides is 1. The van der Waals surface area contributed by atoms with Gasteiger partial charge >= 0.3 is 5.97 Å². The predicted molar refractivity (Wildman–Crippen MR) is 86.6 cm³/mol. The van der Waals surface area contributed by atoms with Crippen LogP contribution in [0.1, 0.15) is 27.2 Å². The van der Waals surface area contributed by atoms with E-state index in [-0.39, 0.29) is 6.61 Å². The number of thiazole rings is 1. The van der Waals surface area contributed by atoms with Crippen LogP contribution < -0.4 is 5.32 Å². The van der Waals surface area contributed by atoms with Gasteiger partial charge in [0.2, 0.25) is 0 Å². The van der Waals surface area contributed by atoms with Crippen molar-refractivity contribution in [2.75, 3.05) is 11.9 Å². The van der Waals surface area contributed by atoms with Gasteiger partial charge in [0.15, 0.2) is 6.61 Å². The molecule has 0 radical (unpaired) electrons. The summed E-state index contributed by atoms with van der Waals surface area (Å²) < 4.78 is 4.96. The molecule has 22 heavy (non-hydrogen) atoms. The summed E-state index contributed by atoms with van der Waals surface area (Å²) in [5.74, 6) is -0.998. The third-order valence-electron chi connectivity index (χ3n) is 2.79. The molecule has 1 N–H and O–H groups in total. The fraction of sp³-hybridized carbons (Fsp3) is 0.267. The van der Waals surface area contributed by atoms with Crippen LogP contribution in [-0.2, 0) is 16.0 Å². The number of hydrogen-bond acceptors (Lipinski definition) is 5. The smallest absolute Gasteiger partial charge is 0.350 e. The Morgan fingerprint density at radius 1 is 1.41 bits per heavy atom. The number of rotatable bonds is 5. The number of nitrogens with one attached hydrogen (secondary N) is 1. The molecule has 0 bridgehead atoms. The Balaban J connectivity index is 1.88. The quantitative estimate of drug-likeness (QED) is 0.848. The summed E-state index contributed by atoms with van der Waals surface area (Å²) in [6.07, 6.45) is 2.21. The number of benzene rings is 1. The maximum absolute atomic E-state index is 11.8. The van der Waals surface area contributed by atoms with Crippen LogP contribution in [0.15, 0.2) is 24.4 Å². The molecule has 0 unspecified atom stereocenters. The van der Waals surface area contributed by atoms with Crippen LogP contribution in [0.3, 0.4) is 0 Å². The van der Waals surface area contributed by atoms with Crippen LogP contribution >= 0.6 is 22.9 Å². The SMILES string of the molecule is CCc1ncc(C(=O)OCC(=O)Nc2ccc(C)cc2Cl)s1. The minimum absolute atomic E-state index is 0.373. The number of ether oxygens (including phenoxy) is 1. The molecule has 7 heteroatoms. The molecule has 1 heterocycles. The Morgan fingerprint density at radius 3 is 2.82 bits per heavy atom. The first-order valence-corrected chi connectivity index (χ1v) is 7.87. The molecule has 0 aliphatic heterocycles. The lowest BCUT2D eigenvalue weighted by Gasteiger charge is -2.08. The summed E-state index contributed by atoms with van der Waals surface area (Å²) >= 11 is 7.28. The maximum atomic E-state index is 11.8. The normalized spacial score (nSPS) is 10.3. The Bertz CT molecular complexity index is 700. The molecule has 1 aromatic carbocycles. The Kier molecular flexibility index (Phi) is 5.51. The molecular weight excluding hydrogens is 324 g/mol. The second-order valence-electron chi connectivity index (χ2n) is 4.58. The van der Waals surface area contributed by atoms with Crippen LogP contribution in [0, 0.1) is 6.92 Å². The van der Waals surface area contributed by atoms with E-state index in [1.54, 1.807) is 12.1 Å². The van der Waals surface area contributed by atoms with Crippen molar-refractivity contribution in [3.05, 3.63) is 44.9 Å². The fourth-order valence-electron chi connectivity index (χ4n) is 1.68. The second-order valence-corrected chi connectivity index (χ2v) is 6.10. The van der Waals surface area contributed by atoms with Crippen molar-refractivity contribution in [1.82, 2.24) is 4.98 Å². The van der Waals surface area contributed by atoms with Crippen molar-refractivity contribution in [3.8, 4) is 0 Å². The first-order valence-electron chi connectivity index (χ1n) is 6.67. The molecule has 5 nitrogen and oxygen atoms in total. The molecule has 116 valence electrons. The van der Waals surface area contributed by atoms with Crippen LogP contribution in [0.2, 0.25) is 5.02 Å². The lowest BCUT2D eigenvalue weighted by Crippen LogP contribution is -2.20. The zero-order valence-electron chi connectivity index (χ0n) is 12.2. The highest BCUT2D eigenvalue weighted by Crippen LogP contribution is 2.22. The maximum Gasteiger partial charge on any atom is 0.350 e. The van der Waals surface area contributed by atoms with Crippen molar-refractivity contribution in [2.45, 2.75) is 20.3 Å². The number of aryl methyl sites for hydroxylation is 2. The molecule has 0 aliphatic rings. The lowest BCUT2D eigenvalue weighted by molar-refractivity contribution is -0.119. The van der Waals surface area contributed by atoms with Crippen LogP contribution in [-0.4, -0.2) is 23.5 Å². The highest BCUT2D eigenvalue weighted by atomic mass is 35.5. The third-order valence-corrected chi connectivity index (χ3v) is 4.22. The number of carbonyl (C=O) groups is 2. The largest absolute Gasteiger partial charge is 0.451 e. The molecule has 1 amide bonds. The number of halogens is 1. The third kappa shape index (κ3) is 4.29. The van der Waals surface area contributed by atoms with E-state index in [0.717, 1.165) is 17.0 Å². The van der Waals surface area contributed by atoms with Gasteiger partial charge in [0.25, 0.3) is 5.91 Å². The van der Waals surface area contributed by atoms with E-state index in [1.165, 1.54) is 17.5 Å². The molecule has 0 saturated carbocycles. The average molecular weight is 339 g/mol. The zero-order valence-corrected chi connectivity index (χ0v) is 13.8. The van der Waals surface area contributed by atoms with Gasteiger partial charge in [0.05, 0.1) is 21.9 Å². The first kappa shape index (κ1) is 16.5. The summed E-state index contributed by atoms with van der Waals surface area (Å²) in [6.45, 7) is 3.48. The van der Waals surface area contributed by atoms with E-state index >= 15 is 0 Å². The van der Waals surface area contributed by atoms with Gasteiger partial charge in [-0.15, -0.1) is 11.3 Å². The molecule has 0 spiro atoms. The fourth-order valence-corrected chi connectivity index (χ4v) is 2.71. The minimum atomic E-state index is -0.553. The van der Waals surface area contributed by atoms with Crippen molar-refractivity contribution in [3.63, 3.8) is 0 Å². The summed E-state index contributed by atoms with van der Waals surface area (Å²) in [7, 11) is 0. The molecule has 2 rings (SSSR count). The van der Waals surface area contributed by atoms with Crippen molar-refractivity contribution in [1.29, 1.82) is 0 Å². The summed E-state index contributed by atoms with van der Waals surface area (Å²) in [5, 5.41) is 3.89. The molecule has 0 fully saturated rings. The predicted octanol–water partition coefficient (Wildman–Crippen LogP) is 3.46. The lowest BCUT2D eigenvalue weighted by atomic mass is 10.2. The number of carbonyl (C=O) groups excluding carboxylic acids is 2. The number of nitrogens with zero attached hydrogens (tertiary/aromatic N) is 1. The molecule has 0 aliphatic carbocycles. The number of anilines is 1. The van der Waals surface area contributed by atoms with Crippen LogP contribution in [0.5, 0.6) is 0 Å². The van der Waals surface area contributed by atoms with Crippen molar-refractivity contribution < 1.29 is 14.3 Å². The van der Waals surface area contributed by atoms with Gasteiger partial charge in [-0.1, -0.05) is 24.6 Å². The van der Waals surface area contributed by atoms with E-state index in [4.69, 9.17) is 16.3 Å². The van der Waals surface area contributed by atoms with Gasteiger partial charge in [-0.2, -0.15) is 0 Å². The molecule has 0 saturated heterocycles. The topological polar surface area (TPSA) is 68.3 Å². The monoisotopic (exact) mass is 338 g/mol. The Hall–Kier alpha value is -1.92. The van der Waals surface area contributed by atoms with Gasteiger partial charge in [-0.05, 0) is 31.0 Å². The van der Waals surface area contributed by atoms with Crippen LogP contribution in [0.4, 0.5) is 5.69 Å². The number of esters is 1. The van der Waals surface area contributed by atoms with Gasteiger partial charge in [0, 0.05) is 0 Å². The highest BCUT2D eigenvalue weighted by molar-refractivity contribution is 7.13. The highest BCUT2D eigenvalue weighted by Gasteiger charge is 2.14. The Labute approximate surface area is 137 Å². The zero-order chi connectivity index (χ0) is 16.1. The van der Waals surface area contributed by atoms with E-state index in [2.05, 4.69) is 10.3 Å². The standard InChI is InChI=1S/C15H15ClN2O3S/c1-3-14-17-7-12(22-14)15(20)21-8-13(19)18-11-5-4-9(2)6-10(11)16/h4-7H,3,8H2,1-2H3,(H,18,19). The molecule has 1 aromatic heterocycles. The first-order chi connectivity index (χ1) is 10.5. The van der Waals surface area contributed by atoms with E-state index in [0.29, 0.717) is 15.6 Å². The van der Waals surface area contributed by atoms with Crippen molar-refractivity contribution in [2.24, 2.45) is 0 Å². The average Bonchev–Trinajstić information content (AvgIpc) is 2.97. The molecule has 0 atom stereocenters. The Morgan fingerprint density at radius 2 is 2.18 bits per heavy atom. The van der Waals surface area contributed by atoms with Gasteiger partial charge in [0.1, 0.15) is 4.88 Å².